The summed E-state index contributed by atoms with van der Waals surface area (Å²) in [5.41, 5.74) is 0.874. The van der Waals surface area contributed by atoms with Crippen LogP contribution in [0, 0.1) is 11.8 Å². The molecule has 1 fully saturated rings. The van der Waals surface area contributed by atoms with Crippen molar-refractivity contribution in [3.05, 3.63) is 35.9 Å². The van der Waals surface area contributed by atoms with Crippen molar-refractivity contribution in [2.24, 2.45) is 11.8 Å². The zero-order valence-corrected chi connectivity index (χ0v) is 14.5. The summed E-state index contributed by atoms with van der Waals surface area (Å²) < 4.78 is 39.1. The average Bonchev–Trinajstić information content (AvgIpc) is 2.60. The van der Waals surface area contributed by atoms with Crippen LogP contribution in [0.2, 0.25) is 0 Å². The predicted molar refractivity (Wildman–Crippen MR) is 90.2 cm³/mol. The molecule has 1 aliphatic rings. The van der Waals surface area contributed by atoms with Gasteiger partial charge in [0.05, 0.1) is 5.92 Å². The van der Waals surface area contributed by atoms with E-state index >= 15 is 0 Å². The first-order valence-corrected chi connectivity index (χ1v) is 8.88. The van der Waals surface area contributed by atoms with Gasteiger partial charge in [0.2, 0.25) is 5.91 Å². The van der Waals surface area contributed by atoms with Crippen molar-refractivity contribution >= 4 is 11.9 Å². The van der Waals surface area contributed by atoms with Gasteiger partial charge in [-0.15, -0.1) is 0 Å². The highest BCUT2D eigenvalue weighted by atomic mass is 19.4. The van der Waals surface area contributed by atoms with Crippen LogP contribution in [-0.4, -0.2) is 34.6 Å². The fourth-order valence-corrected chi connectivity index (χ4v) is 3.46. The molecule has 1 aromatic rings. The van der Waals surface area contributed by atoms with Gasteiger partial charge in [-0.25, -0.2) is 0 Å². The molecule has 1 saturated carbocycles. The number of carbonyl (C=O) groups is 2. The van der Waals surface area contributed by atoms with Gasteiger partial charge in [-0.1, -0.05) is 36.8 Å². The van der Waals surface area contributed by atoms with E-state index in [4.69, 9.17) is 5.11 Å². The number of halogens is 3. The molecule has 0 aliphatic heterocycles. The Hall–Kier alpha value is -2.05. The topological polar surface area (TPSA) is 57.6 Å². The van der Waals surface area contributed by atoms with Crippen molar-refractivity contribution < 1.29 is 27.9 Å². The Morgan fingerprint density at radius 3 is 2.46 bits per heavy atom. The third-order valence-electron chi connectivity index (χ3n) is 4.83. The van der Waals surface area contributed by atoms with Crippen LogP contribution in [0.3, 0.4) is 0 Å². The van der Waals surface area contributed by atoms with E-state index in [1.807, 2.05) is 30.3 Å². The monoisotopic (exact) mass is 371 g/mol. The average molecular weight is 371 g/mol. The van der Waals surface area contributed by atoms with E-state index in [1.54, 1.807) is 0 Å². The fraction of sp³-hybridized carbons (Fsp3) is 0.579. The van der Waals surface area contributed by atoms with Gasteiger partial charge in [0.1, 0.15) is 0 Å². The van der Waals surface area contributed by atoms with Crippen LogP contribution in [0.15, 0.2) is 30.3 Å². The Labute approximate surface area is 151 Å². The van der Waals surface area contributed by atoms with Gasteiger partial charge in [0, 0.05) is 25.4 Å². The zero-order valence-electron chi connectivity index (χ0n) is 14.5. The summed E-state index contributed by atoms with van der Waals surface area (Å²) in [6.07, 6.45) is -3.33. The summed E-state index contributed by atoms with van der Waals surface area (Å²) in [5.74, 6) is -3.33. The number of carboxylic acids is 1. The first-order valence-electron chi connectivity index (χ1n) is 8.88. The molecule has 7 heteroatoms. The van der Waals surface area contributed by atoms with Crippen LogP contribution in [0.25, 0.3) is 0 Å². The molecule has 144 valence electrons. The van der Waals surface area contributed by atoms with E-state index < -0.39 is 24.0 Å². The minimum atomic E-state index is -4.27. The lowest BCUT2D eigenvalue weighted by atomic mass is 9.80. The minimum absolute atomic E-state index is 0.0744. The van der Waals surface area contributed by atoms with Crippen molar-refractivity contribution in [1.82, 2.24) is 4.90 Å². The fourth-order valence-electron chi connectivity index (χ4n) is 3.46. The number of carbonyl (C=O) groups excluding carboxylic acids is 1. The molecule has 1 N–H and O–H groups in total. The normalized spacial score (nSPS) is 20.6. The Balaban J connectivity index is 2.06. The molecular weight excluding hydrogens is 347 g/mol. The molecule has 0 saturated heterocycles. The number of hydrogen-bond acceptors (Lipinski definition) is 2. The third-order valence-corrected chi connectivity index (χ3v) is 4.83. The Kier molecular flexibility index (Phi) is 7.06. The molecule has 0 bridgehead atoms. The number of alkyl halides is 3. The molecule has 2 rings (SSSR count). The van der Waals surface area contributed by atoms with E-state index in [2.05, 4.69) is 0 Å². The van der Waals surface area contributed by atoms with Crippen LogP contribution in [-0.2, 0) is 16.1 Å². The summed E-state index contributed by atoms with van der Waals surface area (Å²) in [6.45, 7) is 0.514. The minimum Gasteiger partial charge on any atom is -0.481 e. The van der Waals surface area contributed by atoms with Crippen molar-refractivity contribution in [3.8, 4) is 0 Å². The molecule has 0 spiro atoms. The maximum Gasteiger partial charge on any atom is 0.391 e. The van der Waals surface area contributed by atoms with Crippen LogP contribution in [0.4, 0.5) is 13.2 Å². The Morgan fingerprint density at radius 2 is 1.85 bits per heavy atom. The summed E-state index contributed by atoms with van der Waals surface area (Å²) in [5, 5.41) is 8.80. The largest absolute Gasteiger partial charge is 0.481 e. The summed E-state index contributed by atoms with van der Waals surface area (Å²) in [7, 11) is 0. The number of benzene rings is 1. The first kappa shape index (κ1) is 20.3. The molecule has 0 aromatic heterocycles. The van der Waals surface area contributed by atoms with Crippen LogP contribution in [0.5, 0.6) is 0 Å². The zero-order chi connectivity index (χ0) is 19.2. The van der Waals surface area contributed by atoms with Gasteiger partial charge in [0.15, 0.2) is 0 Å². The molecule has 0 radical (unpaired) electrons. The molecule has 1 aromatic carbocycles. The lowest BCUT2D eigenvalue weighted by Gasteiger charge is -2.33. The number of nitrogens with zero attached hydrogens (tertiary/aromatic N) is 1. The van der Waals surface area contributed by atoms with Gasteiger partial charge in [-0.05, 0) is 31.2 Å². The van der Waals surface area contributed by atoms with Crippen LogP contribution < -0.4 is 0 Å². The van der Waals surface area contributed by atoms with Crippen LogP contribution in [0.1, 0.15) is 44.1 Å². The first-order chi connectivity index (χ1) is 12.3. The standard InChI is InChI=1S/C19H24F3NO3/c20-19(21,22)16-9-4-8-15(12-16)18(26)23(11-5-10-17(24)25)13-14-6-2-1-3-7-14/h1-3,6-7,15-16H,4-5,8-13H2,(H,24,25). The van der Waals surface area contributed by atoms with Crippen molar-refractivity contribution in [2.45, 2.75) is 51.2 Å². The highest BCUT2D eigenvalue weighted by Gasteiger charge is 2.44. The summed E-state index contributed by atoms with van der Waals surface area (Å²) in [6, 6.07) is 9.19. The number of aliphatic carboxylic acids is 1. The van der Waals surface area contributed by atoms with E-state index in [-0.39, 0.29) is 44.7 Å². The number of carboxylic acid groups (broad SMARTS) is 1. The van der Waals surface area contributed by atoms with Crippen molar-refractivity contribution in [3.63, 3.8) is 0 Å². The SMILES string of the molecule is O=C(O)CCCN(Cc1ccccc1)C(=O)C1CCCC(C(F)(F)F)C1. The number of amides is 1. The molecule has 2 atom stereocenters. The predicted octanol–water partition coefficient (Wildman–Crippen LogP) is 4.25. The van der Waals surface area contributed by atoms with E-state index in [9.17, 15) is 22.8 Å². The van der Waals surface area contributed by atoms with Gasteiger partial charge < -0.3 is 10.0 Å². The van der Waals surface area contributed by atoms with Gasteiger partial charge in [0.25, 0.3) is 0 Å². The summed E-state index contributed by atoms with van der Waals surface area (Å²) >= 11 is 0. The van der Waals surface area contributed by atoms with E-state index in [1.165, 1.54) is 4.90 Å². The van der Waals surface area contributed by atoms with E-state index in [0.29, 0.717) is 12.8 Å². The molecule has 1 amide bonds. The summed E-state index contributed by atoms with van der Waals surface area (Å²) in [4.78, 5) is 25.1. The number of hydrogen-bond donors (Lipinski definition) is 1. The second-order valence-electron chi connectivity index (χ2n) is 6.84. The van der Waals surface area contributed by atoms with E-state index in [0.717, 1.165) is 5.56 Å². The quantitative estimate of drug-likeness (QED) is 0.780. The Morgan fingerprint density at radius 1 is 1.15 bits per heavy atom. The third kappa shape index (κ3) is 6.04. The molecule has 0 heterocycles. The highest BCUT2D eigenvalue weighted by Crippen LogP contribution is 2.40. The second kappa shape index (κ2) is 9.05. The molecule has 2 unspecified atom stereocenters. The van der Waals surface area contributed by atoms with Crippen LogP contribution >= 0.6 is 0 Å². The second-order valence-corrected chi connectivity index (χ2v) is 6.84. The van der Waals surface area contributed by atoms with Crippen molar-refractivity contribution in [1.29, 1.82) is 0 Å². The van der Waals surface area contributed by atoms with Gasteiger partial charge in [-0.2, -0.15) is 13.2 Å². The van der Waals surface area contributed by atoms with Gasteiger partial charge >= 0.3 is 12.1 Å². The molecule has 1 aliphatic carbocycles. The lowest BCUT2D eigenvalue weighted by molar-refractivity contribution is -0.187. The molecule has 4 nitrogen and oxygen atoms in total. The molecular formula is C19H24F3NO3. The maximum atomic E-state index is 13.0. The maximum absolute atomic E-state index is 13.0. The van der Waals surface area contributed by atoms with Crippen molar-refractivity contribution in [2.75, 3.05) is 6.54 Å². The lowest BCUT2D eigenvalue weighted by Crippen LogP contribution is -2.40. The number of rotatable bonds is 7. The molecule has 26 heavy (non-hydrogen) atoms. The Bertz CT molecular complexity index is 604. The smallest absolute Gasteiger partial charge is 0.391 e. The highest BCUT2D eigenvalue weighted by molar-refractivity contribution is 5.79. The van der Waals surface area contributed by atoms with Gasteiger partial charge in [-0.3, -0.25) is 9.59 Å².